The van der Waals surface area contributed by atoms with Crippen molar-refractivity contribution in [3.8, 4) is 23.6 Å². The van der Waals surface area contributed by atoms with Crippen molar-refractivity contribution >= 4 is 40.3 Å². The number of carbonyl (C=O) groups is 1. The van der Waals surface area contributed by atoms with E-state index < -0.39 is 5.91 Å². The van der Waals surface area contributed by atoms with Gasteiger partial charge in [-0.15, -0.1) is 0 Å². The van der Waals surface area contributed by atoms with Crippen LogP contribution < -0.4 is 14.8 Å². The van der Waals surface area contributed by atoms with Crippen molar-refractivity contribution in [1.82, 2.24) is 0 Å². The molecule has 0 aliphatic heterocycles. The van der Waals surface area contributed by atoms with Crippen molar-refractivity contribution in [2.45, 2.75) is 20.5 Å². The summed E-state index contributed by atoms with van der Waals surface area (Å²) < 4.78 is 12.2. The molecule has 7 heteroatoms. The zero-order valence-electron chi connectivity index (χ0n) is 19.0. The van der Waals surface area contributed by atoms with Gasteiger partial charge < -0.3 is 14.8 Å². The number of benzene rings is 3. The molecule has 3 aromatic rings. The second kappa shape index (κ2) is 11.4. The van der Waals surface area contributed by atoms with E-state index in [0.29, 0.717) is 28.3 Å². The van der Waals surface area contributed by atoms with E-state index in [9.17, 15) is 15.3 Å². The summed E-state index contributed by atoms with van der Waals surface area (Å²) in [5.74, 6) is 0.485. The number of ether oxygens (including phenoxy) is 2. The number of hydrogen-bond donors (Lipinski definition) is 1. The first-order chi connectivity index (χ1) is 16.4. The lowest BCUT2D eigenvalue weighted by atomic mass is 10.1. The minimum atomic E-state index is -0.492. The Morgan fingerprint density at radius 2 is 1.85 bits per heavy atom. The zero-order valence-corrected chi connectivity index (χ0v) is 21.1. The quantitative estimate of drug-likeness (QED) is 0.219. The molecule has 3 rings (SSSR count). The first kappa shape index (κ1) is 24.8. The van der Waals surface area contributed by atoms with Crippen LogP contribution in [0, 0.1) is 40.1 Å². The van der Waals surface area contributed by atoms with Crippen molar-refractivity contribution < 1.29 is 14.3 Å². The third kappa shape index (κ3) is 5.94. The molecule has 0 atom stereocenters. The van der Waals surface area contributed by atoms with Gasteiger partial charge in [0.2, 0.25) is 0 Å². The average molecular weight is 563 g/mol. The molecule has 0 aliphatic rings. The SMILES string of the molecule is COc1cc(/C=C(\C#N)C(=O)Nc2ccc(C)c(C)c2)cc(I)c1OCc1ccccc1C#N. The van der Waals surface area contributed by atoms with Crippen molar-refractivity contribution in [2.75, 3.05) is 12.4 Å². The van der Waals surface area contributed by atoms with Gasteiger partial charge >= 0.3 is 0 Å². The van der Waals surface area contributed by atoms with E-state index in [4.69, 9.17) is 9.47 Å². The summed E-state index contributed by atoms with van der Waals surface area (Å²) in [6.45, 7) is 4.15. The summed E-state index contributed by atoms with van der Waals surface area (Å²) >= 11 is 2.11. The Kier molecular flexibility index (Phi) is 8.29. The van der Waals surface area contributed by atoms with Crippen LogP contribution in [-0.4, -0.2) is 13.0 Å². The Morgan fingerprint density at radius 3 is 2.53 bits per heavy atom. The van der Waals surface area contributed by atoms with Gasteiger partial charge in [0.15, 0.2) is 11.5 Å². The zero-order chi connectivity index (χ0) is 24.7. The van der Waals surface area contributed by atoms with Gasteiger partial charge in [0.25, 0.3) is 5.91 Å². The van der Waals surface area contributed by atoms with Crippen LogP contribution in [0.2, 0.25) is 0 Å². The lowest BCUT2D eigenvalue weighted by Crippen LogP contribution is -2.13. The summed E-state index contributed by atoms with van der Waals surface area (Å²) in [4.78, 5) is 12.7. The van der Waals surface area contributed by atoms with Gasteiger partial charge in [-0.2, -0.15) is 10.5 Å². The Hall–Kier alpha value is -3.82. The molecule has 0 unspecified atom stereocenters. The van der Waals surface area contributed by atoms with E-state index in [1.165, 1.54) is 13.2 Å². The van der Waals surface area contributed by atoms with E-state index in [1.807, 2.05) is 44.2 Å². The fourth-order valence-electron chi connectivity index (χ4n) is 3.20. The summed E-state index contributed by atoms with van der Waals surface area (Å²) in [6.07, 6.45) is 1.51. The van der Waals surface area contributed by atoms with Crippen LogP contribution in [0.1, 0.15) is 27.8 Å². The number of nitrogens with one attached hydrogen (secondary N) is 1. The van der Waals surface area contributed by atoms with Gasteiger partial charge in [0, 0.05) is 11.3 Å². The van der Waals surface area contributed by atoms with Gasteiger partial charge in [0.05, 0.1) is 22.3 Å². The Balaban J connectivity index is 1.84. The molecule has 1 N–H and O–H groups in total. The van der Waals surface area contributed by atoms with Crippen LogP contribution >= 0.6 is 22.6 Å². The summed E-state index contributed by atoms with van der Waals surface area (Å²) in [5, 5.41) is 21.6. The number of hydrogen-bond acceptors (Lipinski definition) is 5. The molecule has 0 aliphatic carbocycles. The smallest absolute Gasteiger partial charge is 0.266 e. The Morgan fingerprint density at radius 1 is 1.09 bits per heavy atom. The molecule has 0 aromatic heterocycles. The molecule has 0 spiro atoms. The first-order valence-electron chi connectivity index (χ1n) is 10.3. The molecule has 0 bridgehead atoms. The second-order valence-corrected chi connectivity index (χ2v) is 8.68. The Bertz CT molecular complexity index is 1350. The molecule has 6 nitrogen and oxygen atoms in total. The molecule has 0 radical (unpaired) electrons. The van der Waals surface area contributed by atoms with Crippen LogP contribution in [0.4, 0.5) is 5.69 Å². The summed E-state index contributed by atoms with van der Waals surface area (Å²) in [5.41, 5.74) is 4.70. The minimum Gasteiger partial charge on any atom is -0.493 e. The number of anilines is 1. The fourth-order valence-corrected chi connectivity index (χ4v) is 3.98. The van der Waals surface area contributed by atoms with Gasteiger partial charge in [-0.25, -0.2) is 0 Å². The number of methoxy groups -OCH3 is 1. The van der Waals surface area contributed by atoms with E-state index in [1.54, 1.807) is 30.3 Å². The molecule has 1 amide bonds. The monoisotopic (exact) mass is 563 g/mol. The third-order valence-electron chi connectivity index (χ3n) is 5.20. The van der Waals surface area contributed by atoms with Gasteiger partial charge in [-0.05, 0) is 89.5 Å². The molecule has 0 heterocycles. The van der Waals surface area contributed by atoms with E-state index in [0.717, 1.165) is 20.3 Å². The van der Waals surface area contributed by atoms with Crippen molar-refractivity contribution in [1.29, 1.82) is 10.5 Å². The first-order valence-corrected chi connectivity index (χ1v) is 11.4. The molecule has 0 saturated heterocycles. The van der Waals surface area contributed by atoms with Crippen LogP contribution in [0.3, 0.4) is 0 Å². The largest absolute Gasteiger partial charge is 0.493 e. The topological polar surface area (TPSA) is 95.1 Å². The van der Waals surface area contributed by atoms with Gasteiger partial charge in [0.1, 0.15) is 18.2 Å². The maximum atomic E-state index is 12.7. The number of aryl methyl sites for hydroxylation is 2. The third-order valence-corrected chi connectivity index (χ3v) is 6.00. The molecule has 170 valence electrons. The predicted molar refractivity (Wildman–Crippen MR) is 139 cm³/mol. The molecule has 0 saturated carbocycles. The van der Waals surface area contributed by atoms with E-state index >= 15 is 0 Å². The number of nitriles is 2. The van der Waals surface area contributed by atoms with E-state index in [2.05, 4.69) is 34.0 Å². The van der Waals surface area contributed by atoms with Crippen LogP contribution in [-0.2, 0) is 11.4 Å². The van der Waals surface area contributed by atoms with Gasteiger partial charge in [-0.3, -0.25) is 4.79 Å². The van der Waals surface area contributed by atoms with Crippen LogP contribution in [0.5, 0.6) is 11.5 Å². The highest BCUT2D eigenvalue weighted by molar-refractivity contribution is 14.1. The fraction of sp³-hybridized carbons (Fsp3) is 0.148. The van der Waals surface area contributed by atoms with Crippen LogP contribution in [0.15, 0.2) is 60.2 Å². The number of nitrogens with zero attached hydrogens (tertiary/aromatic N) is 2. The maximum absolute atomic E-state index is 12.7. The number of carbonyl (C=O) groups excluding carboxylic acids is 1. The molecule has 34 heavy (non-hydrogen) atoms. The highest BCUT2D eigenvalue weighted by atomic mass is 127. The van der Waals surface area contributed by atoms with Gasteiger partial charge in [-0.1, -0.05) is 24.3 Å². The number of halogens is 1. The summed E-state index contributed by atoms with van der Waals surface area (Å²) in [6, 6.07) is 20.4. The highest BCUT2D eigenvalue weighted by Gasteiger charge is 2.15. The van der Waals surface area contributed by atoms with Crippen LogP contribution in [0.25, 0.3) is 6.08 Å². The highest BCUT2D eigenvalue weighted by Crippen LogP contribution is 2.35. The molecule has 3 aromatic carbocycles. The lowest BCUT2D eigenvalue weighted by Gasteiger charge is -2.14. The van der Waals surface area contributed by atoms with Crippen molar-refractivity contribution in [3.63, 3.8) is 0 Å². The number of amides is 1. The van der Waals surface area contributed by atoms with Crippen molar-refractivity contribution in [2.24, 2.45) is 0 Å². The minimum absolute atomic E-state index is 0.0345. The van der Waals surface area contributed by atoms with Crippen molar-refractivity contribution in [3.05, 3.63) is 91.6 Å². The summed E-state index contributed by atoms with van der Waals surface area (Å²) in [7, 11) is 1.52. The second-order valence-electron chi connectivity index (χ2n) is 7.51. The molecular formula is C27H22IN3O3. The molecule has 0 fully saturated rings. The normalized spacial score (nSPS) is 10.7. The molecular weight excluding hydrogens is 541 g/mol. The Labute approximate surface area is 212 Å². The predicted octanol–water partition coefficient (Wildman–Crippen LogP) is 5.91. The average Bonchev–Trinajstić information content (AvgIpc) is 2.83. The lowest BCUT2D eigenvalue weighted by molar-refractivity contribution is -0.112. The standard InChI is InChI=1S/C27H22IN3O3/c1-17-8-9-23(10-18(17)2)31-27(32)22(15-30)11-19-12-24(28)26(25(13-19)33-3)34-16-21-7-5-4-6-20(21)14-29/h4-13H,16H2,1-3H3,(H,31,32)/b22-11+. The number of rotatable bonds is 7. The maximum Gasteiger partial charge on any atom is 0.266 e. The van der Waals surface area contributed by atoms with E-state index in [-0.39, 0.29) is 12.2 Å².